The lowest BCUT2D eigenvalue weighted by molar-refractivity contribution is 0.135. The number of sulfonamides is 1. The van der Waals surface area contributed by atoms with Crippen molar-refractivity contribution in [2.75, 3.05) is 26.3 Å². The molecule has 6 heteroatoms. The summed E-state index contributed by atoms with van der Waals surface area (Å²) in [7, 11) is -3.55. The molecule has 0 atom stereocenters. The van der Waals surface area contributed by atoms with Crippen LogP contribution in [0, 0.1) is 0 Å². The van der Waals surface area contributed by atoms with Crippen molar-refractivity contribution in [1.82, 2.24) is 4.31 Å². The van der Waals surface area contributed by atoms with Crippen LogP contribution >= 0.6 is 0 Å². The third-order valence-corrected chi connectivity index (χ3v) is 5.38. The Hall–Kier alpha value is -0.950. The maximum absolute atomic E-state index is 12.6. The molecule has 5 nitrogen and oxygen atoms in total. The number of hydrogen-bond acceptors (Lipinski definition) is 4. The van der Waals surface area contributed by atoms with E-state index in [2.05, 4.69) is 0 Å². The third-order valence-electron chi connectivity index (χ3n) is 3.41. The molecule has 0 aliphatic carbocycles. The molecule has 0 aromatic heterocycles. The SMILES string of the molecule is CCOCCN(CC)S(=O)(=O)c1ccc(CC)c(CO)c1. The Balaban J connectivity index is 3.05. The van der Waals surface area contributed by atoms with Gasteiger partial charge in [0.05, 0.1) is 18.1 Å². The minimum atomic E-state index is -3.55. The van der Waals surface area contributed by atoms with E-state index in [0.29, 0.717) is 31.9 Å². The van der Waals surface area contributed by atoms with E-state index in [1.807, 2.05) is 13.8 Å². The second-order valence-corrected chi connectivity index (χ2v) is 6.57. The Morgan fingerprint density at radius 3 is 2.43 bits per heavy atom. The van der Waals surface area contributed by atoms with Crippen LogP contribution in [0.25, 0.3) is 0 Å². The molecule has 0 amide bonds. The van der Waals surface area contributed by atoms with Gasteiger partial charge in [-0.25, -0.2) is 8.42 Å². The van der Waals surface area contributed by atoms with Crippen LogP contribution in [0.1, 0.15) is 31.9 Å². The molecular formula is C15H25NO4S. The molecule has 0 aliphatic heterocycles. The van der Waals surface area contributed by atoms with Gasteiger partial charge in [0.25, 0.3) is 0 Å². The average molecular weight is 315 g/mol. The first kappa shape index (κ1) is 18.1. The van der Waals surface area contributed by atoms with Gasteiger partial charge in [0.1, 0.15) is 0 Å². The quantitative estimate of drug-likeness (QED) is 0.706. The summed E-state index contributed by atoms with van der Waals surface area (Å²) in [6.07, 6.45) is 0.762. The summed E-state index contributed by atoms with van der Waals surface area (Å²) in [5, 5.41) is 9.38. The van der Waals surface area contributed by atoms with Gasteiger partial charge in [-0.05, 0) is 36.6 Å². The molecule has 21 heavy (non-hydrogen) atoms. The first-order valence-electron chi connectivity index (χ1n) is 7.31. The van der Waals surface area contributed by atoms with Crippen LogP contribution < -0.4 is 0 Å². The number of rotatable bonds is 9. The molecule has 0 fully saturated rings. The molecule has 0 spiro atoms. The maximum Gasteiger partial charge on any atom is 0.243 e. The van der Waals surface area contributed by atoms with Crippen molar-refractivity contribution in [3.63, 3.8) is 0 Å². The predicted molar refractivity (Wildman–Crippen MR) is 82.7 cm³/mol. The number of nitrogens with zero attached hydrogens (tertiary/aromatic N) is 1. The monoisotopic (exact) mass is 315 g/mol. The van der Waals surface area contributed by atoms with Gasteiger partial charge in [0.15, 0.2) is 0 Å². The minimum absolute atomic E-state index is 0.155. The van der Waals surface area contributed by atoms with Crippen LogP contribution in [-0.4, -0.2) is 44.1 Å². The molecule has 0 radical (unpaired) electrons. The lowest BCUT2D eigenvalue weighted by atomic mass is 10.1. The van der Waals surface area contributed by atoms with Gasteiger partial charge in [-0.2, -0.15) is 4.31 Å². The molecule has 1 aromatic carbocycles. The highest BCUT2D eigenvalue weighted by Crippen LogP contribution is 2.20. The summed E-state index contributed by atoms with van der Waals surface area (Å²) < 4.78 is 31.9. The summed E-state index contributed by atoms with van der Waals surface area (Å²) in [6.45, 7) is 7.16. The van der Waals surface area contributed by atoms with Crippen LogP contribution in [0.15, 0.2) is 23.1 Å². The van der Waals surface area contributed by atoms with Crippen molar-refractivity contribution < 1.29 is 18.3 Å². The minimum Gasteiger partial charge on any atom is -0.392 e. The predicted octanol–water partition coefficient (Wildman–Crippen LogP) is 1.79. The summed E-state index contributed by atoms with van der Waals surface area (Å²) in [5.74, 6) is 0. The van der Waals surface area contributed by atoms with Gasteiger partial charge in [-0.3, -0.25) is 0 Å². The fourth-order valence-electron chi connectivity index (χ4n) is 2.16. The van der Waals surface area contributed by atoms with E-state index in [1.54, 1.807) is 25.1 Å². The summed E-state index contributed by atoms with van der Waals surface area (Å²) >= 11 is 0. The molecular weight excluding hydrogens is 290 g/mol. The Kier molecular flexibility index (Phi) is 7.31. The third kappa shape index (κ3) is 4.51. The Labute approximate surface area is 127 Å². The number of aryl methyl sites for hydroxylation is 1. The highest BCUT2D eigenvalue weighted by atomic mass is 32.2. The molecule has 0 saturated carbocycles. The van der Waals surface area contributed by atoms with Gasteiger partial charge in [-0.15, -0.1) is 0 Å². The van der Waals surface area contributed by atoms with E-state index < -0.39 is 10.0 Å². The van der Waals surface area contributed by atoms with E-state index in [0.717, 1.165) is 12.0 Å². The van der Waals surface area contributed by atoms with Crippen LogP contribution in [0.3, 0.4) is 0 Å². The van der Waals surface area contributed by atoms with Crippen LogP contribution in [0.4, 0.5) is 0 Å². The second kappa shape index (κ2) is 8.48. The van der Waals surface area contributed by atoms with Crippen LogP contribution in [0.2, 0.25) is 0 Å². The largest absolute Gasteiger partial charge is 0.392 e. The first-order valence-corrected chi connectivity index (χ1v) is 8.75. The van der Waals surface area contributed by atoms with E-state index in [-0.39, 0.29) is 11.5 Å². The fraction of sp³-hybridized carbons (Fsp3) is 0.600. The van der Waals surface area contributed by atoms with E-state index >= 15 is 0 Å². The zero-order valence-electron chi connectivity index (χ0n) is 13.0. The van der Waals surface area contributed by atoms with Crippen LogP contribution in [0.5, 0.6) is 0 Å². The Morgan fingerprint density at radius 2 is 1.90 bits per heavy atom. The normalized spacial score (nSPS) is 12.0. The lowest BCUT2D eigenvalue weighted by Crippen LogP contribution is -2.34. The molecule has 1 aromatic rings. The van der Waals surface area contributed by atoms with Crippen molar-refractivity contribution >= 4 is 10.0 Å². The Morgan fingerprint density at radius 1 is 1.19 bits per heavy atom. The summed E-state index contributed by atoms with van der Waals surface area (Å²) in [5.41, 5.74) is 1.63. The van der Waals surface area contributed by atoms with Crippen molar-refractivity contribution in [1.29, 1.82) is 0 Å². The van der Waals surface area contributed by atoms with E-state index in [1.165, 1.54) is 4.31 Å². The smallest absolute Gasteiger partial charge is 0.243 e. The molecule has 0 unspecified atom stereocenters. The van der Waals surface area contributed by atoms with Gasteiger partial charge >= 0.3 is 0 Å². The van der Waals surface area contributed by atoms with E-state index in [4.69, 9.17) is 4.74 Å². The number of aliphatic hydroxyl groups excluding tert-OH is 1. The van der Waals surface area contributed by atoms with Gasteiger partial charge in [0.2, 0.25) is 10.0 Å². The fourth-order valence-corrected chi connectivity index (χ4v) is 3.65. The van der Waals surface area contributed by atoms with Gasteiger partial charge in [-0.1, -0.05) is 19.9 Å². The molecule has 1 N–H and O–H groups in total. The number of likely N-dealkylation sites (N-methyl/N-ethyl adjacent to an activating group) is 1. The first-order chi connectivity index (χ1) is 10.0. The Bertz CT molecular complexity index is 543. The van der Waals surface area contributed by atoms with Crippen molar-refractivity contribution in [3.8, 4) is 0 Å². The number of ether oxygens (including phenoxy) is 1. The highest BCUT2D eigenvalue weighted by Gasteiger charge is 2.23. The molecule has 120 valence electrons. The van der Waals surface area contributed by atoms with E-state index in [9.17, 15) is 13.5 Å². The van der Waals surface area contributed by atoms with Gasteiger partial charge < -0.3 is 9.84 Å². The van der Waals surface area contributed by atoms with Crippen LogP contribution in [-0.2, 0) is 27.8 Å². The number of benzene rings is 1. The van der Waals surface area contributed by atoms with Crippen molar-refractivity contribution in [3.05, 3.63) is 29.3 Å². The van der Waals surface area contributed by atoms with Crippen molar-refractivity contribution in [2.24, 2.45) is 0 Å². The summed E-state index contributed by atoms with van der Waals surface area (Å²) in [4.78, 5) is 0.224. The number of hydrogen-bond donors (Lipinski definition) is 1. The van der Waals surface area contributed by atoms with Crippen molar-refractivity contribution in [2.45, 2.75) is 38.7 Å². The summed E-state index contributed by atoms with van der Waals surface area (Å²) in [6, 6.07) is 4.95. The zero-order chi connectivity index (χ0) is 15.9. The second-order valence-electron chi connectivity index (χ2n) is 4.64. The molecule has 1 rings (SSSR count). The average Bonchev–Trinajstić information content (AvgIpc) is 2.50. The highest BCUT2D eigenvalue weighted by molar-refractivity contribution is 7.89. The molecule has 0 saturated heterocycles. The standard InChI is InChI=1S/C15H25NO4S/c1-4-13-7-8-15(11-14(13)12-17)21(18,19)16(5-2)9-10-20-6-3/h7-8,11,17H,4-6,9-10,12H2,1-3H3. The maximum atomic E-state index is 12.6. The number of aliphatic hydroxyl groups is 1. The zero-order valence-corrected chi connectivity index (χ0v) is 13.8. The molecule has 0 bridgehead atoms. The topological polar surface area (TPSA) is 66.8 Å². The van der Waals surface area contributed by atoms with Gasteiger partial charge in [0, 0.05) is 19.7 Å². The lowest BCUT2D eigenvalue weighted by Gasteiger charge is -2.21. The molecule has 0 heterocycles. The molecule has 0 aliphatic rings.